The fourth-order valence-electron chi connectivity index (χ4n) is 2.38. The van der Waals surface area contributed by atoms with Gasteiger partial charge in [-0.15, -0.1) is 0 Å². The van der Waals surface area contributed by atoms with Crippen molar-refractivity contribution >= 4 is 37.6 Å². The Labute approximate surface area is 149 Å². The summed E-state index contributed by atoms with van der Waals surface area (Å²) >= 11 is 3.24. The Hall–Kier alpha value is -1.61. The van der Waals surface area contributed by atoms with Crippen molar-refractivity contribution in [3.63, 3.8) is 0 Å². The first-order chi connectivity index (χ1) is 11.2. The third kappa shape index (κ3) is 4.47. The molecule has 2 rings (SSSR count). The highest BCUT2D eigenvalue weighted by molar-refractivity contribution is 9.10. The van der Waals surface area contributed by atoms with E-state index in [0.29, 0.717) is 16.6 Å². The van der Waals surface area contributed by atoms with Crippen molar-refractivity contribution in [2.45, 2.75) is 12.5 Å². The summed E-state index contributed by atoms with van der Waals surface area (Å²) in [6, 6.07) is 4.46. The van der Waals surface area contributed by atoms with Gasteiger partial charge in [-0.3, -0.25) is 4.79 Å². The number of esters is 1. The molecule has 0 aromatic heterocycles. The molecule has 0 bridgehead atoms. The summed E-state index contributed by atoms with van der Waals surface area (Å²) in [5.41, 5.74) is 0.244. The molecule has 7 nitrogen and oxygen atoms in total. The predicted octanol–water partition coefficient (Wildman–Crippen LogP) is 1.26. The number of nitrogens with zero attached hydrogens (tertiary/aromatic N) is 1. The normalized spacial score (nSPS) is 18.9. The minimum atomic E-state index is -3.08. The first-order valence-corrected chi connectivity index (χ1v) is 9.81. The molecular formula is C15H18BrNO6S. The molecule has 1 amide bonds. The fraction of sp³-hybridized carbons (Fsp3) is 0.467. The van der Waals surface area contributed by atoms with Gasteiger partial charge >= 0.3 is 5.97 Å². The van der Waals surface area contributed by atoms with Crippen LogP contribution in [0.25, 0.3) is 0 Å². The van der Waals surface area contributed by atoms with E-state index in [1.54, 1.807) is 12.1 Å². The van der Waals surface area contributed by atoms with Crippen LogP contribution in [0.4, 0.5) is 0 Å². The van der Waals surface area contributed by atoms with E-state index in [-0.39, 0.29) is 23.1 Å². The molecule has 1 aromatic carbocycles. The molecule has 0 radical (unpaired) electrons. The summed E-state index contributed by atoms with van der Waals surface area (Å²) in [4.78, 5) is 25.5. The fourth-order valence-corrected chi connectivity index (χ4v) is 4.56. The van der Waals surface area contributed by atoms with Gasteiger partial charge in [0, 0.05) is 17.6 Å². The molecule has 24 heavy (non-hydrogen) atoms. The van der Waals surface area contributed by atoms with Crippen LogP contribution in [0, 0.1) is 0 Å². The van der Waals surface area contributed by atoms with Crippen LogP contribution in [-0.2, 0) is 19.4 Å². The molecule has 0 N–H and O–H groups in total. The van der Waals surface area contributed by atoms with E-state index in [0.717, 1.165) is 0 Å². The number of halogens is 1. The van der Waals surface area contributed by atoms with Gasteiger partial charge < -0.3 is 14.4 Å². The zero-order chi connectivity index (χ0) is 17.9. The lowest BCUT2D eigenvalue weighted by molar-refractivity contribution is -0.134. The number of hydrogen-bond donors (Lipinski definition) is 0. The first-order valence-electron chi connectivity index (χ1n) is 7.20. The van der Waals surface area contributed by atoms with Crippen LogP contribution < -0.4 is 4.74 Å². The molecular weight excluding hydrogens is 402 g/mol. The molecule has 0 aliphatic carbocycles. The third-order valence-corrected chi connectivity index (χ3v) is 6.31. The quantitative estimate of drug-likeness (QED) is 0.667. The van der Waals surface area contributed by atoms with Gasteiger partial charge in [0.15, 0.2) is 16.4 Å². The standard InChI is InChI=1S/C15H18BrNO6S/c1-17(10-5-6-24(20,21)9-10)14(18)8-23-15(19)12-7-11(22-2)3-4-13(12)16/h3-4,7,10H,5-6,8-9H2,1-2H3/t10-/m1/s1. The molecule has 1 saturated heterocycles. The van der Waals surface area contributed by atoms with Gasteiger partial charge in [0.2, 0.25) is 0 Å². The summed E-state index contributed by atoms with van der Waals surface area (Å²) in [5.74, 6) is -0.591. The average Bonchev–Trinajstić information content (AvgIpc) is 2.92. The summed E-state index contributed by atoms with van der Waals surface area (Å²) in [7, 11) is -0.0877. The highest BCUT2D eigenvalue weighted by Crippen LogP contribution is 2.23. The molecule has 9 heteroatoms. The van der Waals surface area contributed by atoms with Crippen LogP contribution in [-0.4, -0.2) is 63.5 Å². The van der Waals surface area contributed by atoms with Crippen molar-refractivity contribution in [1.82, 2.24) is 4.90 Å². The number of hydrogen-bond acceptors (Lipinski definition) is 6. The van der Waals surface area contributed by atoms with Gasteiger partial charge in [-0.1, -0.05) is 0 Å². The van der Waals surface area contributed by atoms with Crippen molar-refractivity contribution in [1.29, 1.82) is 0 Å². The Kier molecular flexibility index (Phi) is 5.87. The number of benzene rings is 1. The number of carbonyl (C=O) groups excluding carboxylic acids is 2. The summed E-state index contributed by atoms with van der Waals surface area (Å²) < 4.78 is 33.6. The molecule has 1 fully saturated rings. The Balaban J connectivity index is 1.95. The van der Waals surface area contributed by atoms with Crippen LogP contribution in [0.1, 0.15) is 16.8 Å². The zero-order valence-electron chi connectivity index (χ0n) is 13.3. The van der Waals surface area contributed by atoms with Crippen molar-refractivity contribution in [3.8, 4) is 5.75 Å². The summed E-state index contributed by atoms with van der Waals surface area (Å²) in [6.07, 6.45) is 0.403. The highest BCUT2D eigenvalue weighted by atomic mass is 79.9. The molecule has 0 saturated carbocycles. The lowest BCUT2D eigenvalue weighted by Crippen LogP contribution is -2.40. The number of likely N-dealkylation sites (N-methyl/N-ethyl adjacent to an activating group) is 1. The van der Waals surface area contributed by atoms with Gasteiger partial charge in [-0.05, 0) is 40.5 Å². The minimum absolute atomic E-state index is 0.0510. The lowest BCUT2D eigenvalue weighted by atomic mass is 10.2. The lowest BCUT2D eigenvalue weighted by Gasteiger charge is -2.23. The van der Waals surface area contributed by atoms with E-state index in [9.17, 15) is 18.0 Å². The highest BCUT2D eigenvalue weighted by Gasteiger charge is 2.33. The van der Waals surface area contributed by atoms with E-state index in [1.807, 2.05) is 0 Å². The monoisotopic (exact) mass is 419 g/mol. The summed E-state index contributed by atoms with van der Waals surface area (Å²) in [5, 5.41) is 0. The topological polar surface area (TPSA) is 90.0 Å². The molecule has 1 heterocycles. The van der Waals surface area contributed by atoms with Gasteiger partial charge in [0.1, 0.15) is 5.75 Å². The average molecular weight is 420 g/mol. The first kappa shape index (κ1) is 18.7. The Morgan fingerprint density at radius 1 is 1.38 bits per heavy atom. The maximum Gasteiger partial charge on any atom is 0.339 e. The molecule has 132 valence electrons. The van der Waals surface area contributed by atoms with Gasteiger partial charge in [0.05, 0.1) is 24.2 Å². The van der Waals surface area contributed by atoms with Gasteiger partial charge in [-0.2, -0.15) is 0 Å². The largest absolute Gasteiger partial charge is 0.497 e. The van der Waals surface area contributed by atoms with Crippen molar-refractivity contribution in [2.75, 3.05) is 32.3 Å². The second-order valence-electron chi connectivity index (χ2n) is 5.48. The van der Waals surface area contributed by atoms with Crippen LogP contribution in [0.2, 0.25) is 0 Å². The Bertz CT molecular complexity index is 748. The SMILES string of the molecule is COc1ccc(Br)c(C(=O)OCC(=O)N(C)[C@@H]2CCS(=O)(=O)C2)c1. The molecule has 1 aromatic rings. The number of amides is 1. The molecule has 1 aliphatic rings. The van der Waals surface area contributed by atoms with E-state index >= 15 is 0 Å². The van der Waals surface area contributed by atoms with Gasteiger partial charge in [0.25, 0.3) is 5.91 Å². The number of carbonyl (C=O) groups is 2. The minimum Gasteiger partial charge on any atom is -0.497 e. The summed E-state index contributed by atoms with van der Waals surface area (Å²) in [6.45, 7) is -0.449. The smallest absolute Gasteiger partial charge is 0.339 e. The van der Waals surface area contributed by atoms with E-state index in [2.05, 4.69) is 15.9 Å². The van der Waals surface area contributed by atoms with E-state index in [4.69, 9.17) is 9.47 Å². The molecule has 0 spiro atoms. The number of methoxy groups -OCH3 is 1. The number of sulfone groups is 1. The van der Waals surface area contributed by atoms with Crippen LogP contribution >= 0.6 is 15.9 Å². The second-order valence-corrected chi connectivity index (χ2v) is 8.57. The Morgan fingerprint density at radius 2 is 2.08 bits per heavy atom. The molecule has 1 aliphatic heterocycles. The molecule has 0 unspecified atom stereocenters. The Morgan fingerprint density at radius 3 is 2.67 bits per heavy atom. The second kappa shape index (κ2) is 7.52. The van der Waals surface area contributed by atoms with Gasteiger partial charge in [-0.25, -0.2) is 13.2 Å². The van der Waals surface area contributed by atoms with E-state index < -0.39 is 28.3 Å². The maximum absolute atomic E-state index is 12.1. The van der Waals surface area contributed by atoms with Crippen molar-refractivity contribution < 1.29 is 27.5 Å². The molecule has 1 atom stereocenters. The number of rotatable bonds is 5. The van der Waals surface area contributed by atoms with E-state index in [1.165, 1.54) is 25.1 Å². The van der Waals surface area contributed by atoms with Crippen LogP contribution in [0.5, 0.6) is 5.75 Å². The maximum atomic E-state index is 12.1. The van der Waals surface area contributed by atoms with Crippen LogP contribution in [0.3, 0.4) is 0 Å². The van der Waals surface area contributed by atoms with Crippen molar-refractivity contribution in [2.24, 2.45) is 0 Å². The van der Waals surface area contributed by atoms with Crippen molar-refractivity contribution in [3.05, 3.63) is 28.2 Å². The predicted molar refractivity (Wildman–Crippen MR) is 90.8 cm³/mol. The third-order valence-electron chi connectivity index (χ3n) is 3.87. The number of ether oxygens (including phenoxy) is 2. The van der Waals surface area contributed by atoms with Crippen LogP contribution in [0.15, 0.2) is 22.7 Å². The zero-order valence-corrected chi connectivity index (χ0v) is 15.7.